The van der Waals surface area contributed by atoms with Crippen LogP contribution in [0.4, 0.5) is 0 Å². The zero-order valence-electron chi connectivity index (χ0n) is 13.9. The van der Waals surface area contributed by atoms with Gasteiger partial charge in [-0.25, -0.2) is 0 Å². The Bertz CT molecular complexity index is 861. The van der Waals surface area contributed by atoms with Gasteiger partial charge in [-0.15, -0.1) is 0 Å². The Morgan fingerprint density at radius 3 is 2.60 bits per heavy atom. The Morgan fingerprint density at radius 1 is 1.00 bits per heavy atom. The summed E-state index contributed by atoms with van der Waals surface area (Å²) in [5, 5.41) is 11.9. The van der Waals surface area contributed by atoms with Gasteiger partial charge in [-0.1, -0.05) is 18.2 Å². The van der Waals surface area contributed by atoms with Crippen molar-refractivity contribution in [1.29, 1.82) is 0 Å². The Morgan fingerprint density at radius 2 is 1.80 bits per heavy atom. The van der Waals surface area contributed by atoms with Crippen molar-refractivity contribution in [1.82, 2.24) is 9.88 Å². The third-order valence-corrected chi connectivity index (χ3v) is 4.38. The number of hydrogen-bond donors (Lipinski definition) is 1. The molecule has 4 rings (SSSR count). The number of para-hydroxylation sites is 1. The fourth-order valence-electron chi connectivity index (χ4n) is 3.05. The maximum absolute atomic E-state index is 10.1. The second kappa shape index (κ2) is 7.09. The molecule has 2 aromatic carbocycles. The summed E-state index contributed by atoms with van der Waals surface area (Å²) in [6.45, 7) is 4.01. The minimum atomic E-state index is 0.187. The topological polar surface area (TPSA) is 54.8 Å². The lowest BCUT2D eigenvalue weighted by atomic mass is 10.1. The van der Waals surface area contributed by atoms with E-state index in [0.29, 0.717) is 0 Å². The number of benzene rings is 2. The van der Waals surface area contributed by atoms with E-state index in [1.165, 1.54) is 6.20 Å². The number of ether oxygens (including phenoxy) is 2. The molecule has 3 aromatic rings. The van der Waals surface area contributed by atoms with Gasteiger partial charge in [0, 0.05) is 30.4 Å². The summed E-state index contributed by atoms with van der Waals surface area (Å²) >= 11 is 0. The van der Waals surface area contributed by atoms with Crippen LogP contribution in [-0.4, -0.2) is 41.3 Å². The molecule has 25 heavy (non-hydrogen) atoms. The number of aromatic nitrogens is 1. The summed E-state index contributed by atoms with van der Waals surface area (Å²) < 4.78 is 11.3. The molecule has 2 heterocycles. The number of fused-ring (bicyclic) bond motifs is 1. The summed E-state index contributed by atoms with van der Waals surface area (Å²) in [6, 6.07) is 15.4. The smallest absolute Gasteiger partial charge is 0.141 e. The van der Waals surface area contributed by atoms with Crippen molar-refractivity contribution in [2.45, 2.75) is 6.54 Å². The van der Waals surface area contributed by atoms with Crippen LogP contribution >= 0.6 is 0 Å². The molecule has 5 heteroatoms. The van der Waals surface area contributed by atoms with Crippen LogP contribution in [0.5, 0.6) is 17.2 Å². The molecular weight excluding hydrogens is 316 g/mol. The van der Waals surface area contributed by atoms with E-state index in [4.69, 9.17) is 9.47 Å². The number of rotatable bonds is 4. The third kappa shape index (κ3) is 3.57. The second-order valence-electron chi connectivity index (χ2n) is 6.10. The van der Waals surface area contributed by atoms with Crippen molar-refractivity contribution in [3.05, 3.63) is 60.4 Å². The number of hydrogen-bond acceptors (Lipinski definition) is 5. The molecule has 1 saturated heterocycles. The molecule has 128 valence electrons. The molecule has 1 aliphatic rings. The Hall–Kier alpha value is -2.63. The van der Waals surface area contributed by atoms with E-state index in [1.807, 2.05) is 48.5 Å². The van der Waals surface area contributed by atoms with E-state index in [1.54, 1.807) is 0 Å². The zero-order valence-corrected chi connectivity index (χ0v) is 13.9. The number of morpholine rings is 1. The third-order valence-electron chi connectivity index (χ3n) is 4.38. The normalized spacial score (nSPS) is 15.4. The van der Waals surface area contributed by atoms with Crippen molar-refractivity contribution >= 4 is 10.8 Å². The van der Waals surface area contributed by atoms with Crippen LogP contribution in [0.25, 0.3) is 10.8 Å². The van der Waals surface area contributed by atoms with Crippen molar-refractivity contribution in [3.63, 3.8) is 0 Å². The summed E-state index contributed by atoms with van der Waals surface area (Å²) in [6.07, 6.45) is 1.52. The van der Waals surface area contributed by atoms with Crippen LogP contribution in [0, 0.1) is 0 Å². The van der Waals surface area contributed by atoms with Crippen LogP contribution in [0.2, 0.25) is 0 Å². The Labute approximate surface area is 146 Å². The highest BCUT2D eigenvalue weighted by atomic mass is 16.5. The quantitative estimate of drug-likeness (QED) is 0.789. The highest BCUT2D eigenvalue weighted by Gasteiger charge is 2.15. The number of nitrogens with zero attached hydrogens (tertiary/aromatic N) is 2. The van der Waals surface area contributed by atoms with E-state index >= 15 is 0 Å². The molecule has 1 aromatic heterocycles. The standard InChI is InChI=1S/C20H20N2O3/c23-20-13-21-19(14-22-8-10-24-11-9-22)18-12-16(6-7-17(18)20)25-15-4-2-1-3-5-15/h1-7,12-13,23H,8-11,14H2. The number of pyridine rings is 1. The van der Waals surface area contributed by atoms with Gasteiger partial charge >= 0.3 is 0 Å². The van der Waals surface area contributed by atoms with Crippen molar-refractivity contribution in [2.75, 3.05) is 26.3 Å². The lowest BCUT2D eigenvalue weighted by molar-refractivity contribution is 0.0338. The summed E-state index contributed by atoms with van der Waals surface area (Å²) in [5.74, 6) is 1.70. The van der Waals surface area contributed by atoms with Gasteiger partial charge in [0.05, 0.1) is 25.1 Å². The molecule has 0 bridgehead atoms. The fraction of sp³-hybridized carbons (Fsp3) is 0.250. The van der Waals surface area contributed by atoms with Crippen LogP contribution in [0.3, 0.4) is 0 Å². The van der Waals surface area contributed by atoms with Gasteiger partial charge in [-0.3, -0.25) is 9.88 Å². The van der Waals surface area contributed by atoms with Gasteiger partial charge in [-0.05, 0) is 30.3 Å². The molecule has 0 amide bonds. The lowest BCUT2D eigenvalue weighted by Crippen LogP contribution is -2.35. The first-order chi connectivity index (χ1) is 12.3. The molecular formula is C20H20N2O3. The lowest BCUT2D eigenvalue weighted by Gasteiger charge is -2.26. The van der Waals surface area contributed by atoms with Crippen LogP contribution in [0.1, 0.15) is 5.69 Å². The molecule has 0 saturated carbocycles. The molecule has 1 fully saturated rings. The Kier molecular flexibility index (Phi) is 4.50. The summed E-state index contributed by atoms with van der Waals surface area (Å²) in [5.41, 5.74) is 0.938. The monoisotopic (exact) mass is 336 g/mol. The van der Waals surface area contributed by atoms with Crippen LogP contribution < -0.4 is 4.74 Å². The minimum Gasteiger partial charge on any atom is -0.506 e. The van der Waals surface area contributed by atoms with Gasteiger partial charge in [0.1, 0.15) is 17.2 Å². The highest BCUT2D eigenvalue weighted by Crippen LogP contribution is 2.31. The average Bonchev–Trinajstić information content (AvgIpc) is 2.66. The van der Waals surface area contributed by atoms with E-state index < -0.39 is 0 Å². The molecule has 0 spiro atoms. The van der Waals surface area contributed by atoms with Crippen LogP contribution in [0.15, 0.2) is 54.7 Å². The van der Waals surface area contributed by atoms with Crippen molar-refractivity contribution < 1.29 is 14.6 Å². The van der Waals surface area contributed by atoms with Gasteiger partial charge in [0.25, 0.3) is 0 Å². The number of aromatic hydroxyl groups is 1. The average molecular weight is 336 g/mol. The molecule has 0 atom stereocenters. The van der Waals surface area contributed by atoms with E-state index in [0.717, 1.165) is 60.8 Å². The zero-order chi connectivity index (χ0) is 17.1. The minimum absolute atomic E-state index is 0.187. The molecule has 0 aliphatic carbocycles. The summed E-state index contributed by atoms with van der Waals surface area (Å²) in [4.78, 5) is 6.77. The van der Waals surface area contributed by atoms with E-state index in [-0.39, 0.29) is 5.75 Å². The first kappa shape index (κ1) is 15.9. The summed E-state index contributed by atoms with van der Waals surface area (Å²) in [7, 11) is 0. The van der Waals surface area contributed by atoms with Gasteiger partial charge in [0.2, 0.25) is 0 Å². The van der Waals surface area contributed by atoms with Gasteiger partial charge in [-0.2, -0.15) is 0 Å². The SMILES string of the molecule is Oc1cnc(CN2CCOCC2)c2cc(Oc3ccccc3)ccc12. The van der Waals surface area contributed by atoms with E-state index in [2.05, 4.69) is 9.88 Å². The van der Waals surface area contributed by atoms with Crippen molar-refractivity contribution in [2.24, 2.45) is 0 Å². The van der Waals surface area contributed by atoms with Gasteiger partial charge < -0.3 is 14.6 Å². The molecule has 0 radical (unpaired) electrons. The highest BCUT2D eigenvalue weighted by molar-refractivity contribution is 5.90. The van der Waals surface area contributed by atoms with Crippen LogP contribution in [-0.2, 0) is 11.3 Å². The first-order valence-electron chi connectivity index (χ1n) is 8.43. The molecule has 0 unspecified atom stereocenters. The maximum Gasteiger partial charge on any atom is 0.141 e. The Balaban J connectivity index is 1.67. The first-order valence-corrected chi connectivity index (χ1v) is 8.43. The second-order valence-corrected chi connectivity index (χ2v) is 6.10. The maximum atomic E-state index is 10.1. The largest absolute Gasteiger partial charge is 0.506 e. The molecule has 1 N–H and O–H groups in total. The van der Waals surface area contributed by atoms with Gasteiger partial charge in [0.15, 0.2) is 0 Å². The molecule has 1 aliphatic heterocycles. The predicted octanol–water partition coefficient (Wildman–Crippen LogP) is 3.56. The van der Waals surface area contributed by atoms with Crippen molar-refractivity contribution in [3.8, 4) is 17.2 Å². The fourth-order valence-corrected chi connectivity index (χ4v) is 3.05. The molecule has 5 nitrogen and oxygen atoms in total. The van der Waals surface area contributed by atoms with E-state index in [9.17, 15) is 5.11 Å². The predicted molar refractivity (Wildman–Crippen MR) is 96.0 cm³/mol.